The average Bonchev–Trinajstić information content (AvgIpc) is 2.65. The van der Waals surface area contributed by atoms with E-state index in [1.165, 1.54) is 18.3 Å². The van der Waals surface area contributed by atoms with Crippen molar-refractivity contribution in [2.45, 2.75) is 19.9 Å². The molecule has 9 heteroatoms. The largest absolute Gasteiger partial charge is 0.496 e. The molecule has 0 heterocycles. The van der Waals surface area contributed by atoms with Crippen molar-refractivity contribution in [1.29, 1.82) is 0 Å². The molecule has 0 saturated carbocycles. The van der Waals surface area contributed by atoms with Gasteiger partial charge in [0.25, 0.3) is 11.8 Å². The van der Waals surface area contributed by atoms with Gasteiger partial charge in [0.15, 0.2) is 0 Å². The van der Waals surface area contributed by atoms with E-state index in [0.29, 0.717) is 16.3 Å². The number of nitrogens with one attached hydrogen (secondary N) is 2. The summed E-state index contributed by atoms with van der Waals surface area (Å²) in [6.45, 7) is 3.63. The van der Waals surface area contributed by atoms with Crippen LogP contribution in [0.4, 0.5) is 0 Å². The molecule has 0 radical (unpaired) electrons. The van der Waals surface area contributed by atoms with Crippen LogP contribution in [0.25, 0.3) is 0 Å². The molecule has 0 spiro atoms. The minimum Gasteiger partial charge on any atom is -0.496 e. The fraction of sp³-hybridized carbons (Fsp3) is 0.250. The second-order valence-electron chi connectivity index (χ2n) is 6.44. The molecule has 2 N–H and O–H groups in total. The van der Waals surface area contributed by atoms with E-state index in [0.717, 1.165) is 4.47 Å². The summed E-state index contributed by atoms with van der Waals surface area (Å²) in [4.78, 5) is 25.1. The van der Waals surface area contributed by atoms with E-state index in [4.69, 9.17) is 27.9 Å². The highest BCUT2D eigenvalue weighted by atomic mass is 79.9. The van der Waals surface area contributed by atoms with Gasteiger partial charge in [-0.1, -0.05) is 53.0 Å². The van der Waals surface area contributed by atoms with Crippen LogP contribution in [0, 0.1) is 5.92 Å². The minimum atomic E-state index is -0.809. The lowest BCUT2D eigenvalue weighted by Crippen LogP contribution is -2.48. The minimum absolute atomic E-state index is 0.180. The van der Waals surface area contributed by atoms with E-state index in [2.05, 4.69) is 31.8 Å². The third-order valence-electron chi connectivity index (χ3n) is 3.98. The average molecular weight is 501 g/mol. The van der Waals surface area contributed by atoms with Crippen LogP contribution >= 0.6 is 39.1 Å². The maximum Gasteiger partial charge on any atom is 0.262 e. The van der Waals surface area contributed by atoms with Crippen LogP contribution in [-0.2, 0) is 4.79 Å². The van der Waals surface area contributed by atoms with Crippen molar-refractivity contribution in [2.24, 2.45) is 11.0 Å². The van der Waals surface area contributed by atoms with Crippen molar-refractivity contribution in [2.75, 3.05) is 7.11 Å². The zero-order chi connectivity index (χ0) is 21.6. The number of carbonyl (C=O) groups excluding carboxylic acids is 2. The Labute approximate surface area is 187 Å². The number of hydrogen-bond donors (Lipinski definition) is 2. The molecule has 0 aliphatic rings. The van der Waals surface area contributed by atoms with Crippen molar-refractivity contribution in [3.8, 4) is 5.75 Å². The van der Waals surface area contributed by atoms with E-state index in [9.17, 15) is 9.59 Å². The third-order valence-corrected chi connectivity index (χ3v) is 5.02. The van der Waals surface area contributed by atoms with Crippen LogP contribution in [0.5, 0.6) is 5.75 Å². The molecule has 0 fully saturated rings. The Morgan fingerprint density at radius 1 is 1.17 bits per heavy atom. The summed E-state index contributed by atoms with van der Waals surface area (Å²) in [5.74, 6) is -0.500. The van der Waals surface area contributed by atoms with Gasteiger partial charge in [0.05, 0.1) is 23.9 Å². The van der Waals surface area contributed by atoms with Crippen LogP contribution in [0.1, 0.15) is 29.8 Å². The summed E-state index contributed by atoms with van der Waals surface area (Å²) in [6.07, 6.45) is 1.47. The molecule has 0 aliphatic carbocycles. The van der Waals surface area contributed by atoms with Gasteiger partial charge < -0.3 is 10.1 Å². The highest BCUT2D eigenvalue weighted by Crippen LogP contribution is 2.22. The summed E-state index contributed by atoms with van der Waals surface area (Å²) >= 11 is 15.3. The fourth-order valence-corrected chi connectivity index (χ4v) is 3.34. The van der Waals surface area contributed by atoms with Crippen LogP contribution in [-0.4, -0.2) is 31.2 Å². The van der Waals surface area contributed by atoms with Gasteiger partial charge in [0.2, 0.25) is 0 Å². The van der Waals surface area contributed by atoms with Crippen molar-refractivity contribution >= 4 is 57.2 Å². The van der Waals surface area contributed by atoms with Crippen molar-refractivity contribution < 1.29 is 14.3 Å². The number of nitrogens with zero attached hydrogens (tertiary/aromatic N) is 1. The highest BCUT2D eigenvalue weighted by Gasteiger charge is 2.25. The monoisotopic (exact) mass is 499 g/mol. The zero-order valence-corrected chi connectivity index (χ0v) is 19.1. The molecule has 2 aromatic carbocycles. The second-order valence-corrected chi connectivity index (χ2v) is 8.20. The molecule has 154 valence electrons. The quantitative estimate of drug-likeness (QED) is 0.428. The van der Waals surface area contributed by atoms with Gasteiger partial charge in [-0.15, -0.1) is 0 Å². The highest BCUT2D eigenvalue weighted by molar-refractivity contribution is 9.10. The molecule has 29 heavy (non-hydrogen) atoms. The van der Waals surface area contributed by atoms with Gasteiger partial charge in [-0.2, -0.15) is 5.10 Å². The van der Waals surface area contributed by atoms with E-state index in [-0.39, 0.29) is 16.5 Å². The molecular formula is C20H20BrCl2N3O3. The van der Waals surface area contributed by atoms with Gasteiger partial charge in [0.1, 0.15) is 11.8 Å². The lowest BCUT2D eigenvalue weighted by Gasteiger charge is -2.20. The van der Waals surface area contributed by atoms with Crippen molar-refractivity contribution in [3.63, 3.8) is 0 Å². The number of ether oxygens (including phenoxy) is 1. The number of halogens is 3. The predicted octanol–water partition coefficient (Wildman–Crippen LogP) is 4.67. The summed E-state index contributed by atoms with van der Waals surface area (Å²) in [6, 6.07) is 9.14. The molecule has 0 bridgehead atoms. The SMILES string of the molecule is COc1ccc(Br)cc1C=NNC(=O)C(NC(=O)c1ccc(Cl)cc1Cl)C(C)C. The fourth-order valence-electron chi connectivity index (χ4n) is 2.47. The van der Waals surface area contributed by atoms with Gasteiger partial charge >= 0.3 is 0 Å². The molecule has 0 aromatic heterocycles. The number of rotatable bonds is 7. The summed E-state index contributed by atoms with van der Waals surface area (Å²) < 4.78 is 6.11. The Kier molecular flexibility index (Phi) is 8.49. The molecule has 0 saturated heterocycles. The molecule has 1 atom stereocenters. The van der Waals surface area contributed by atoms with Crippen LogP contribution in [0.3, 0.4) is 0 Å². The van der Waals surface area contributed by atoms with E-state index < -0.39 is 17.9 Å². The van der Waals surface area contributed by atoms with Crippen molar-refractivity contribution in [3.05, 3.63) is 62.0 Å². The normalized spacial score (nSPS) is 12.1. The molecule has 1 unspecified atom stereocenters. The van der Waals surface area contributed by atoms with Gasteiger partial charge in [-0.25, -0.2) is 5.43 Å². The molecule has 0 aliphatic heterocycles. The van der Waals surface area contributed by atoms with E-state index >= 15 is 0 Å². The Balaban J connectivity index is 2.10. The smallest absolute Gasteiger partial charge is 0.262 e. The Morgan fingerprint density at radius 2 is 1.90 bits per heavy atom. The Morgan fingerprint density at radius 3 is 2.52 bits per heavy atom. The summed E-state index contributed by atoms with van der Waals surface area (Å²) in [7, 11) is 1.55. The number of hydrazone groups is 1. The van der Waals surface area contributed by atoms with Crippen LogP contribution in [0.15, 0.2) is 46.0 Å². The molecular weight excluding hydrogens is 481 g/mol. The Bertz CT molecular complexity index is 935. The zero-order valence-electron chi connectivity index (χ0n) is 16.0. The van der Waals surface area contributed by atoms with Crippen LogP contribution in [0.2, 0.25) is 10.0 Å². The standard InChI is InChI=1S/C20H20BrCl2N3O3/c1-11(2)18(25-19(27)15-6-5-14(22)9-16(15)23)20(28)26-24-10-12-8-13(21)4-7-17(12)29-3/h4-11,18H,1-3H3,(H,25,27)(H,26,28). The lowest BCUT2D eigenvalue weighted by molar-refractivity contribution is -0.123. The maximum atomic E-state index is 12.6. The first-order valence-corrected chi connectivity index (χ1v) is 10.2. The maximum absolute atomic E-state index is 12.6. The van der Waals surface area contributed by atoms with Gasteiger partial charge in [0, 0.05) is 15.1 Å². The van der Waals surface area contributed by atoms with Gasteiger partial charge in [-0.05, 0) is 42.3 Å². The predicted molar refractivity (Wildman–Crippen MR) is 119 cm³/mol. The lowest BCUT2D eigenvalue weighted by atomic mass is 10.0. The summed E-state index contributed by atoms with van der Waals surface area (Å²) in [5, 5.41) is 7.30. The number of hydrogen-bond acceptors (Lipinski definition) is 4. The van der Waals surface area contributed by atoms with Gasteiger partial charge in [-0.3, -0.25) is 9.59 Å². The number of benzene rings is 2. The molecule has 2 rings (SSSR count). The first-order chi connectivity index (χ1) is 13.7. The Hall–Kier alpha value is -2.09. The van der Waals surface area contributed by atoms with E-state index in [1.54, 1.807) is 25.3 Å². The van der Waals surface area contributed by atoms with Crippen molar-refractivity contribution in [1.82, 2.24) is 10.7 Å². The second kappa shape index (κ2) is 10.6. The number of amides is 2. The third kappa shape index (κ3) is 6.45. The number of methoxy groups -OCH3 is 1. The van der Waals surface area contributed by atoms with E-state index in [1.807, 2.05) is 19.9 Å². The first kappa shape index (κ1) is 23.2. The molecule has 6 nitrogen and oxygen atoms in total. The first-order valence-electron chi connectivity index (χ1n) is 8.65. The van der Waals surface area contributed by atoms with Crippen LogP contribution < -0.4 is 15.5 Å². The molecule has 2 aromatic rings. The molecule has 2 amide bonds. The summed E-state index contributed by atoms with van der Waals surface area (Å²) in [5.41, 5.74) is 3.37. The topological polar surface area (TPSA) is 79.8 Å². The number of carbonyl (C=O) groups is 2.